The van der Waals surface area contributed by atoms with Crippen molar-refractivity contribution in [3.8, 4) is 5.75 Å². The maximum atomic E-state index is 13.1. The number of nitrogens with one attached hydrogen (secondary N) is 3. The molecule has 36 heavy (non-hydrogen) atoms. The molecule has 3 aromatic heterocycles. The number of hydrogen-bond acceptors (Lipinski definition) is 8. The first-order valence-electron chi connectivity index (χ1n) is 12.1. The van der Waals surface area contributed by atoms with Gasteiger partial charge in [-0.2, -0.15) is 0 Å². The van der Waals surface area contributed by atoms with Crippen molar-refractivity contribution < 1.29 is 9.53 Å². The fourth-order valence-electron chi connectivity index (χ4n) is 4.37. The Morgan fingerprint density at radius 1 is 1.11 bits per heavy atom. The van der Waals surface area contributed by atoms with E-state index in [1.54, 1.807) is 42.3 Å². The van der Waals surface area contributed by atoms with Crippen molar-refractivity contribution in [1.82, 2.24) is 19.6 Å². The highest BCUT2D eigenvalue weighted by Crippen LogP contribution is 2.25. The van der Waals surface area contributed by atoms with Gasteiger partial charge in [-0.05, 0) is 55.5 Å². The molecule has 0 aliphatic heterocycles. The summed E-state index contributed by atoms with van der Waals surface area (Å²) >= 11 is 0. The van der Waals surface area contributed by atoms with E-state index in [-0.39, 0.29) is 18.0 Å². The quantitative estimate of drug-likeness (QED) is 0.297. The molecule has 186 valence electrons. The maximum Gasteiger partial charge on any atom is 0.276 e. The smallest absolute Gasteiger partial charge is 0.276 e. The molecule has 10 nitrogen and oxygen atoms in total. The zero-order chi connectivity index (χ0) is 24.9. The molecule has 5 N–H and O–H groups in total. The van der Waals surface area contributed by atoms with Crippen molar-refractivity contribution in [2.45, 2.75) is 44.3 Å². The SMILES string of the molecule is COc1ccc(CNc2cc(N[C@H]3CC[C@H](N)CC3)nn3c(C(=O)Nc4ccncc4)cnc23)cc1. The number of nitrogens with zero attached hydrogens (tertiary/aromatic N) is 4. The van der Waals surface area contributed by atoms with E-state index in [0.29, 0.717) is 29.4 Å². The highest BCUT2D eigenvalue weighted by atomic mass is 16.5. The molecule has 0 saturated heterocycles. The Hall–Kier alpha value is -4.18. The highest BCUT2D eigenvalue weighted by molar-refractivity contribution is 6.03. The molecular weight excluding hydrogens is 456 g/mol. The average Bonchev–Trinajstić information content (AvgIpc) is 3.34. The fourth-order valence-corrected chi connectivity index (χ4v) is 4.37. The standard InChI is InChI=1S/C26H30N8O2/c1-36-21-8-2-17(3-9-21)15-29-22-14-24(31-19-6-4-18(27)5-7-19)33-34-23(16-30-25(22)34)26(35)32-20-10-12-28-13-11-20/h2-3,8-14,16,18-19,29H,4-7,15,27H2,1H3,(H,31,33)(H,28,32,35)/t18-,19-. The molecule has 3 heterocycles. The summed E-state index contributed by atoms with van der Waals surface area (Å²) in [7, 11) is 1.65. The monoisotopic (exact) mass is 486 g/mol. The summed E-state index contributed by atoms with van der Waals surface area (Å²) < 4.78 is 6.84. The molecule has 10 heteroatoms. The van der Waals surface area contributed by atoms with Crippen LogP contribution in [0.4, 0.5) is 17.2 Å². The Bertz CT molecular complexity index is 1320. The Kier molecular flexibility index (Phi) is 6.94. The lowest BCUT2D eigenvalue weighted by molar-refractivity contribution is 0.102. The van der Waals surface area contributed by atoms with E-state index in [4.69, 9.17) is 15.6 Å². The predicted octanol–water partition coefficient (Wildman–Crippen LogP) is 3.68. The Labute approximate surface area is 209 Å². The van der Waals surface area contributed by atoms with Gasteiger partial charge in [-0.3, -0.25) is 9.78 Å². The van der Waals surface area contributed by atoms with E-state index in [1.165, 1.54) is 0 Å². The second-order valence-corrected chi connectivity index (χ2v) is 8.97. The van der Waals surface area contributed by atoms with Gasteiger partial charge in [0.05, 0.1) is 19.0 Å². The van der Waals surface area contributed by atoms with Crippen molar-refractivity contribution in [2.24, 2.45) is 5.73 Å². The molecule has 0 unspecified atom stereocenters. The van der Waals surface area contributed by atoms with E-state index in [0.717, 1.165) is 42.7 Å². The summed E-state index contributed by atoms with van der Waals surface area (Å²) in [5, 5.41) is 14.6. The van der Waals surface area contributed by atoms with Crippen LogP contribution in [0.2, 0.25) is 0 Å². The maximum absolute atomic E-state index is 13.1. The number of ether oxygens (including phenoxy) is 1. The van der Waals surface area contributed by atoms with Gasteiger partial charge in [0.25, 0.3) is 5.91 Å². The number of anilines is 3. The number of benzene rings is 1. The first-order valence-corrected chi connectivity index (χ1v) is 12.1. The van der Waals surface area contributed by atoms with Crippen LogP contribution in [-0.4, -0.2) is 44.7 Å². The molecule has 1 aliphatic carbocycles. The first-order chi connectivity index (χ1) is 17.6. The summed E-state index contributed by atoms with van der Waals surface area (Å²) in [6.45, 7) is 0.576. The minimum Gasteiger partial charge on any atom is -0.497 e. The van der Waals surface area contributed by atoms with E-state index in [1.807, 2.05) is 30.3 Å². The number of amides is 1. The lowest BCUT2D eigenvalue weighted by Crippen LogP contribution is -2.33. The van der Waals surface area contributed by atoms with E-state index >= 15 is 0 Å². The van der Waals surface area contributed by atoms with Crippen LogP contribution in [0.15, 0.2) is 61.1 Å². The number of fused-ring (bicyclic) bond motifs is 1. The Morgan fingerprint density at radius 3 is 2.58 bits per heavy atom. The lowest BCUT2D eigenvalue weighted by atomic mass is 9.92. The van der Waals surface area contributed by atoms with Crippen molar-refractivity contribution in [2.75, 3.05) is 23.1 Å². The van der Waals surface area contributed by atoms with Crippen LogP contribution in [0.3, 0.4) is 0 Å². The van der Waals surface area contributed by atoms with Gasteiger partial charge in [-0.25, -0.2) is 9.50 Å². The highest BCUT2D eigenvalue weighted by Gasteiger charge is 2.21. The number of pyridine rings is 1. The zero-order valence-corrected chi connectivity index (χ0v) is 20.1. The average molecular weight is 487 g/mol. The summed E-state index contributed by atoms with van der Waals surface area (Å²) in [5.74, 6) is 1.18. The van der Waals surface area contributed by atoms with Crippen molar-refractivity contribution in [3.63, 3.8) is 0 Å². The number of carbonyl (C=O) groups is 1. The van der Waals surface area contributed by atoms with Gasteiger partial charge >= 0.3 is 0 Å². The second kappa shape index (κ2) is 10.6. The van der Waals surface area contributed by atoms with E-state index < -0.39 is 0 Å². The third-order valence-corrected chi connectivity index (χ3v) is 6.40. The van der Waals surface area contributed by atoms with Gasteiger partial charge in [0.15, 0.2) is 11.3 Å². The van der Waals surface area contributed by atoms with E-state index in [2.05, 4.69) is 25.9 Å². The normalized spacial score (nSPS) is 17.5. The molecule has 1 aliphatic rings. The molecule has 1 saturated carbocycles. The number of imidazole rings is 1. The number of rotatable bonds is 8. The number of carbonyl (C=O) groups excluding carboxylic acids is 1. The molecule has 1 amide bonds. The molecule has 0 bridgehead atoms. The van der Waals surface area contributed by atoms with Gasteiger partial charge in [0.2, 0.25) is 0 Å². The predicted molar refractivity (Wildman–Crippen MR) is 139 cm³/mol. The number of methoxy groups -OCH3 is 1. The van der Waals surface area contributed by atoms with Crippen molar-refractivity contribution in [1.29, 1.82) is 0 Å². The molecule has 1 aromatic carbocycles. The van der Waals surface area contributed by atoms with Crippen molar-refractivity contribution >= 4 is 28.7 Å². The van der Waals surface area contributed by atoms with Crippen LogP contribution >= 0.6 is 0 Å². The fraction of sp³-hybridized carbons (Fsp3) is 0.308. The van der Waals surface area contributed by atoms with E-state index in [9.17, 15) is 4.79 Å². The number of hydrogen-bond donors (Lipinski definition) is 4. The largest absolute Gasteiger partial charge is 0.497 e. The molecule has 0 atom stereocenters. The Morgan fingerprint density at radius 2 is 1.86 bits per heavy atom. The van der Waals surface area contributed by atoms with Crippen molar-refractivity contribution in [3.05, 3.63) is 72.3 Å². The Balaban J connectivity index is 1.43. The van der Waals surface area contributed by atoms with Crippen LogP contribution in [0.25, 0.3) is 5.65 Å². The zero-order valence-electron chi connectivity index (χ0n) is 20.1. The van der Waals surface area contributed by atoms with Gasteiger partial charge in [-0.1, -0.05) is 12.1 Å². The number of nitrogens with two attached hydrogens (primary N) is 1. The topological polar surface area (TPSA) is 131 Å². The van der Waals surface area contributed by atoms with Crippen LogP contribution in [0, 0.1) is 0 Å². The van der Waals surface area contributed by atoms with Crippen LogP contribution in [0.5, 0.6) is 5.75 Å². The molecule has 0 radical (unpaired) electrons. The summed E-state index contributed by atoms with van der Waals surface area (Å²) in [5.41, 5.74) is 9.50. The first kappa shape index (κ1) is 23.6. The minimum atomic E-state index is -0.303. The van der Waals surface area contributed by atoms with Gasteiger partial charge < -0.3 is 26.4 Å². The number of aromatic nitrogens is 4. The van der Waals surface area contributed by atoms with Gasteiger partial charge in [-0.15, -0.1) is 5.10 Å². The summed E-state index contributed by atoms with van der Waals surface area (Å²) in [6, 6.07) is 13.8. The van der Waals surface area contributed by atoms with Crippen LogP contribution in [-0.2, 0) is 6.54 Å². The molecule has 0 spiro atoms. The summed E-state index contributed by atoms with van der Waals surface area (Å²) in [6.07, 6.45) is 8.72. The molecule has 4 aromatic rings. The lowest BCUT2D eigenvalue weighted by Gasteiger charge is -2.27. The minimum absolute atomic E-state index is 0.261. The van der Waals surface area contributed by atoms with Gasteiger partial charge in [0, 0.05) is 42.8 Å². The van der Waals surface area contributed by atoms with Crippen LogP contribution < -0.4 is 26.4 Å². The third-order valence-electron chi connectivity index (χ3n) is 6.40. The second-order valence-electron chi connectivity index (χ2n) is 8.97. The molecule has 5 rings (SSSR count). The molecule has 1 fully saturated rings. The van der Waals surface area contributed by atoms with Crippen LogP contribution in [0.1, 0.15) is 41.7 Å². The summed E-state index contributed by atoms with van der Waals surface area (Å²) in [4.78, 5) is 21.6. The third kappa shape index (κ3) is 5.38. The van der Waals surface area contributed by atoms with Gasteiger partial charge in [0.1, 0.15) is 11.6 Å². The molecular formula is C26H30N8O2.